The first-order valence-electron chi connectivity index (χ1n) is 25.1. The predicted molar refractivity (Wildman–Crippen MR) is 258 cm³/mol. The van der Waals surface area contributed by atoms with Gasteiger partial charge >= 0.3 is 0 Å². The molecule has 4 saturated carbocycles. The van der Waals surface area contributed by atoms with Gasteiger partial charge in [-0.3, -0.25) is 32.9 Å². The van der Waals surface area contributed by atoms with Gasteiger partial charge in [-0.25, -0.2) is 19.3 Å². The number of hydrogen-bond donors (Lipinski definition) is 6. The molecule has 2 unspecified atom stereocenters. The Balaban J connectivity index is 0.780. The van der Waals surface area contributed by atoms with E-state index < -0.39 is 90.7 Å². The van der Waals surface area contributed by atoms with Crippen LogP contribution in [0.1, 0.15) is 111 Å². The molecule has 422 valence electrons. The largest absolute Gasteiger partial charge is 0.790 e. The molecule has 4 aliphatic carbocycles. The van der Waals surface area contributed by atoms with E-state index in [0.717, 1.165) is 67.5 Å². The Morgan fingerprint density at radius 3 is 2.44 bits per heavy atom. The van der Waals surface area contributed by atoms with E-state index in [1.807, 2.05) is 0 Å². The van der Waals surface area contributed by atoms with Crippen LogP contribution in [0, 0.1) is 51.8 Å². The van der Waals surface area contributed by atoms with Crippen LogP contribution in [0.15, 0.2) is 12.7 Å². The van der Waals surface area contributed by atoms with Crippen molar-refractivity contribution < 1.29 is 90.4 Å². The number of ketones is 1. The lowest BCUT2D eigenvalue weighted by Gasteiger charge is -2.62. The lowest BCUT2D eigenvalue weighted by Crippen LogP contribution is -2.58. The van der Waals surface area contributed by atoms with E-state index in [4.69, 9.17) is 10.5 Å². The van der Waals surface area contributed by atoms with E-state index in [9.17, 15) is 67.8 Å². The monoisotopic (exact) mass is 1140 g/mol. The van der Waals surface area contributed by atoms with E-state index in [1.165, 1.54) is 13.8 Å². The van der Waals surface area contributed by atoms with Crippen LogP contribution in [0.4, 0.5) is 5.82 Å². The Kier molecular flexibility index (Phi) is 18.7. The highest BCUT2D eigenvalue weighted by atomic mass is 32.2. The van der Waals surface area contributed by atoms with Crippen molar-refractivity contribution in [2.45, 2.75) is 142 Å². The molecule has 2 amide bonds. The van der Waals surface area contributed by atoms with E-state index >= 15 is 0 Å². The molecule has 2 aromatic heterocycles. The zero-order chi connectivity index (χ0) is 55.1. The second-order valence-corrected chi connectivity index (χ2v) is 27.1. The Bertz CT molecular complexity index is 2580. The maximum absolute atomic E-state index is 12.9. The number of aliphatic hydroxyl groups is 3. The molecule has 26 nitrogen and oxygen atoms in total. The van der Waals surface area contributed by atoms with Crippen LogP contribution >= 0.6 is 35.2 Å². The number of phosphoric acid groups is 3. The van der Waals surface area contributed by atoms with Gasteiger partial charge in [0.25, 0.3) is 15.6 Å². The third-order valence-electron chi connectivity index (χ3n) is 16.9. The minimum Gasteiger partial charge on any atom is -0.790 e. The Morgan fingerprint density at radius 2 is 1.72 bits per heavy atom. The molecule has 7 rings (SSSR count). The van der Waals surface area contributed by atoms with Gasteiger partial charge in [-0.1, -0.05) is 46.4 Å². The minimum absolute atomic E-state index is 0.00113. The molecule has 1 saturated heterocycles. The van der Waals surface area contributed by atoms with E-state index in [0.29, 0.717) is 66.8 Å². The quantitative estimate of drug-likeness (QED) is 0.0660. The third-order valence-corrected chi connectivity index (χ3v) is 20.8. The summed E-state index contributed by atoms with van der Waals surface area (Å²) in [5.74, 6) is 1.47. The molecular formula is C45H68N7O19P3S-4. The summed E-state index contributed by atoms with van der Waals surface area (Å²) in [6.07, 6.45) is 0.266. The summed E-state index contributed by atoms with van der Waals surface area (Å²) in [5.41, 5.74) is 3.95. The van der Waals surface area contributed by atoms with Crippen LogP contribution in [-0.4, -0.2) is 120 Å². The van der Waals surface area contributed by atoms with Crippen LogP contribution in [0.2, 0.25) is 0 Å². The van der Waals surface area contributed by atoms with Gasteiger partial charge < -0.3 is 74.1 Å². The average molecular weight is 1140 g/mol. The van der Waals surface area contributed by atoms with Gasteiger partial charge in [-0.05, 0) is 91.3 Å². The minimum atomic E-state index is -5.94. The van der Waals surface area contributed by atoms with Crippen molar-refractivity contribution >= 4 is 74.9 Å². The van der Waals surface area contributed by atoms with Crippen molar-refractivity contribution in [3.63, 3.8) is 0 Å². The van der Waals surface area contributed by atoms with E-state index in [1.54, 1.807) is 0 Å². The molecule has 3 heterocycles. The summed E-state index contributed by atoms with van der Waals surface area (Å²) in [6.45, 7) is 6.89. The van der Waals surface area contributed by atoms with Gasteiger partial charge in [0.2, 0.25) is 11.8 Å². The van der Waals surface area contributed by atoms with E-state index in [-0.39, 0.29) is 58.4 Å². The van der Waals surface area contributed by atoms with Gasteiger partial charge in [0, 0.05) is 49.9 Å². The molecule has 5 aliphatic rings. The summed E-state index contributed by atoms with van der Waals surface area (Å²) in [7, 11) is -17.7. The number of carbonyl (C=O) groups is 4. The summed E-state index contributed by atoms with van der Waals surface area (Å²) in [5, 5.41) is 38.5. The Hall–Kier alpha value is -2.81. The standard InChI is InChI=1S/C45H72N7O19P3S/c1-24(28-9-10-29-27-8-7-25-18-26(53)12-14-44(25,4)30(27)19-32(54)45(28,29)5)6-11-34(56)75-17-16-47-33(55)13-15-48-41(59)38(58)43(2,3)21-68-74(65,66)71-73(63,64)67-20-31-37(70-72(60,61)62)36(57)42(69-31)52-23-51-35-39(46)49-22-50-40(35)52/h22-25,27-32,36-38,42,54,57-58H,6-21H2,1-5H3,(H,47,55)(H,48,59)(H,63,64)(H,65,66)(H2,46,49,50)(H2,60,61,62)/p-4/t24-,25-,27+,28-,29+,30+,31-,32+,36-,37-,38+,42-,44+,45-/m1/s1. The average Bonchev–Trinajstić information content (AvgIpc) is 4.01. The Morgan fingerprint density at radius 1 is 1.00 bits per heavy atom. The number of amides is 2. The fourth-order valence-corrected chi connectivity index (χ4v) is 16.3. The van der Waals surface area contributed by atoms with Crippen LogP contribution in [-0.2, 0) is 55.5 Å². The topological polar surface area (TPSA) is 412 Å². The second kappa shape index (κ2) is 23.5. The first-order chi connectivity index (χ1) is 35.0. The molecule has 0 bridgehead atoms. The zero-order valence-electron chi connectivity index (χ0n) is 42.4. The molecule has 2 aromatic rings. The number of aliphatic hydroxyl groups excluding tert-OH is 3. The zero-order valence-corrected chi connectivity index (χ0v) is 45.9. The fraction of sp³-hybridized carbons (Fsp3) is 0.800. The summed E-state index contributed by atoms with van der Waals surface area (Å²) >= 11 is 1.12. The first kappa shape index (κ1) is 59.8. The Labute approximate surface area is 438 Å². The molecule has 5 fully saturated rings. The van der Waals surface area contributed by atoms with Gasteiger partial charge in [-0.2, -0.15) is 0 Å². The number of hydrogen-bond acceptors (Lipinski definition) is 24. The van der Waals surface area contributed by atoms with Crippen LogP contribution in [0.5, 0.6) is 0 Å². The number of nitrogens with one attached hydrogen (secondary N) is 2. The number of rotatable bonds is 23. The molecule has 0 aromatic carbocycles. The highest BCUT2D eigenvalue weighted by molar-refractivity contribution is 8.13. The SMILES string of the molecule is C[C@H](CCC(=O)SCCNC(=O)CCNC(=O)[C@H](O)C(C)(C)COP(=O)([O-])OP(=O)([O-])OC[C@H]1O[C@@H](n2cnc3c(N)ncnc32)[C@H](O)[C@@H]1OP(=O)([O-])[O-])[C@H]1CC[C@H]2[C@@H]3CC[C@@H]4CC(=O)CC[C@]4(C)[C@H]3C[C@H](O)[C@]12C. The highest BCUT2D eigenvalue weighted by Crippen LogP contribution is 2.68. The molecule has 16 atom stereocenters. The number of fused-ring (bicyclic) bond motifs is 6. The van der Waals surface area contributed by atoms with Crippen molar-refractivity contribution in [2.24, 2.45) is 51.8 Å². The number of Topliss-reactive ketones (excluding diaryl/α,β-unsaturated/α-hetero) is 1. The predicted octanol–water partition coefficient (Wildman–Crippen LogP) is 0.752. The maximum atomic E-state index is 12.9. The van der Waals surface area contributed by atoms with Crippen LogP contribution in [0.3, 0.4) is 0 Å². The molecule has 1 aliphatic heterocycles. The summed E-state index contributed by atoms with van der Waals surface area (Å²) in [6, 6.07) is 0. The molecule has 30 heteroatoms. The number of anilines is 1. The van der Waals surface area contributed by atoms with Crippen molar-refractivity contribution in [3.8, 4) is 0 Å². The number of phosphoric ester groups is 3. The number of aromatic nitrogens is 4. The highest BCUT2D eigenvalue weighted by Gasteiger charge is 2.64. The molecule has 75 heavy (non-hydrogen) atoms. The number of imidazole rings is 1. The summed E-state index contributed by atoms with van der Waals surface area (Å²) in [4.78, 5) is 111. The summed E-state index contributed by atoms with van der Waals surface area (Å²) < 4.78 is 61.1. The van der Waals surface area contributed by atoms with Crippen LogP contribution in [0.25, 0.3) is 11.2 Å². The fourth-order valence-electron chi connectivity index (χ4n) is 12.9. The second-order valence-electron chi connectivity index (χ2n) is 21.9. The van der Waals surface area contributed by atoms with Crippen molar-refractivity contribution in [1.29, 1.82) is 0 Å². The van der Waals surface area contributed by atoms with Crippen LogP contribution < -0.4 is 35.9 Å². The number of nitrogens with two attached hydrogens (primary N) is 1. The lowest BCUT2D eigenvalue weighted by molar-refractivity contribution is -0.347. The van der Waals surface area contributed by atoms with Gasteiger partial charge in [-0.15, -0.1) is 0 Å². The van der Waals surface area contributed by atoms with Gasteiger partial charge in [0.05, 0.1) is 33.5 Å². The number of thioether (sulfide) groups is 1. The molecule has 0 radical (unpaired) electrons. The third kappa shape index (κ3) is 13.6. The van der Waals surface area contributed by atoms with Gasteiger partial charge in [0.15, 0.2) is 22.8 Å². The molecular weight excluding hydrogens is 1070 g/mol. The number of ether oxygens (including phenoxy) is 1. The van der Waals surface area contributed by atoms with Crippen molar-refractivity contribution in [3.05, 3.63) is 12.7 Å². The molecule has 0 spiro atoms. The van der Waals surface area contributed by atoms with Crippen molar-refractivity contribution in [1.82, 2.24) is 30.2 Å². The number of carbonyl (C=O) groups excluding carboxylic acids is 4. The normalized spacial score (nSPS) is 33.4. The maximum Gasteiger partial charge on any atom is 0.274 e. The lowest BCUT2D eigenvalue weighted by atomic mass is 9.44. The smallest absolute Gasteiger partial charge is 0.274 e. The first-order valence-corrected chi connectivity index (χ1v) is 30.5. The molecule has 7 N–H and O–H groups in total. The number of nitrogen functional groups attached to an aromatic ring is 1. The van der Waals surface area contributed by atoms with Crippen molar-refractivity contribution in [2.75, 3.05) is 37.8 Å². The number of nitrogens with zero attached hydrogens (tertiary/aromatic N) is 4. The van der Waals surface area contributed by atoms with E-state index in [2.05, 4.69) is 64.2 Å². The van der Waals surface area contributed by atoms with Gasteiger partial charge in [0.1, 0.15) is 42.0 Å².